The van der Waals surface area contributed by atoms with Gasteiger partial charge in [-0.05, 0) is 74.9 Å². The number of hydrogen-bond donors (Lipinski definition) is 4. The zero-order valence-electron chi connectivity index (χ0n) is 26.3. The van der Waals surface area contributed by atoms with Gasteiger partial charge in [0, 0.05) is 54.4 Å². The Balaban J connectivity index is 0.000000108. The van der Waals surface area contributed by atoms with Gasteiger partial charge in [-0.3, -0.25) is 0 Å². The number of ether oxygens (including phenoxy) is 3. The molecule has 3 saturated heterocycles. The van der Waals surface area contributed by atoms with Crippen LogP contribution in [0.4, 0.5) is 34.1 Å². The Morgan fingerprint density at radius 3 is 1.89 bits per heavy atom. The van der Waals surface area contributed by atoms with Crippen LogP contribution in [-0.4, -0.2) is 68.3 Å². The molecule has 0 aromatic heterocycles. The van der Waals surface area contributed by atoms with Crippen LogP contribution >= 0.6 is 0 Å². The number of nitrogens with zero attached hydrogens (tertiary/aromatic N) is 3. The molecule has 0 saturated carbocycles. The molecule has 0 aliphatic carbocycles. The minimum Gasteiger partial charge on any atom is -0.489 e. The zero-order chi connectivity index (χ0) is 31.2. The number of nitrogen functional groups attached to an aromatic ring is 3. The van der Waals surface area contributed by atoms with Crippen molar-refractivity contribution in [2.24, 2.45) is 5.92 Å². The van der Waals surface area contributed by atoms with Gasteiger partial charge in [-0.1, -0.05) is 6.92 Å². The van der Waals surface area contributed by atoms with Gasteiger partial charge in [-0.2, -0.15) is 0 Å². The van der Waals surface area contributed by atoms with E-state index in [9.17, 15) is 5.11 Å². The van der Waals surface area contributed by atoms with Gasteiger partial charge in [0.1, 0.15) is 37.1 Å². The van der Waals surface area contributed by atoms with Gasteiger partial charge in [0.25, 0.3) is 0 Å². The van der Waals surface area contributed by atoms with E-state index in [1.165, 1.54) is 30.6 Å². The maximum absolute atomic E-state index is 9.76. The number of fused-ring (bicyclic) bond motifs is 9. The van der Waals surface area contributed by atoms with Crippen molar-refractivity contribution in [3.8, 4) is 17.2 Å². The number of aliphatic hydroxyl groups excluding tert-OH is 1. The van der Waals surface area contributed by atoms with Gasteiger partial charge in [-0.25, -0.2) is 0 Å². The van der Waals surface area contributed by atoms with Crippen molar-refractivity contribution < 1.29 is 19.3 Å². The summed E-state index contributed by atoms with van der Waals surface area (Å²) in [7, 11) is 0. The number of rotatable bonds is 0. The molecule has 0 amide bonds. The quantitative estimate of drug-likeness (QED) is 0.268. The highest BCUT2D eigenvalue weighted by Gasteiger charge is 2.38. The van der Waals surface area contributed by atoms with Crippen LogP contribution in [-0.2, 0) is 0 Å². The lowest BCUT2D eigenvalue weighted by molar-refractivity contribution is 0.129. The molecule has 6 aliphatic heterocycles. The Morgan fingerprint density at radius 2 is 1.22 bits per heavy atom. The summed E-state index contributed by atoms with van der Waals surface area (Å²) in [5.74, 6) is 3.49. The third-order valence-electron chi connectivity index (χ3n) is 10.0. The molecule has 240 valence electrons. The summed E-state index contributed by atoms with van der Waals surface area (Å²) in [6, 6.07) is 19.5. The highest BCUT2D eigenvalue weighted by molar-refractivity contribution is 5.68. The summed E-state index contributed by atoms with van der Waals surface area (Å²) >= 11 is 0. The summed E-state index contributed by atoms with van der Waals surface area (Å²) in [5.41, 5.74) is 22.9. The van der Waals surface area contributed by atoms with Crippen molar-refractivity contribution in [3.05, 3.63) is 54.6 Å². The molecule has 6 aliphatic rings. The molecule has 3 fully saturated rings. The molecule has 10 nitrogen and oxygen atoms in total. The minimum atomic E-state index is -0.268. The molecule has 3 aromatic carbocycles. The molecule has 7 N–H and O–H groups in total. The summed E-state index contributed by atoms with van der Waals surface area (Å²) < 4.78 is 17.1. The summed E-state index contributed by atoms with van der Waals surface area (Å²) in [6.45, 7) is 8.79. The van der Waals surface area contributed by atoms with Crippen molar-refractivity contribution in [2.45, 2.75) is 69.8 Å². The second-order valence-corrected chi connectivity index (χ2v) is 13.4. The molecule has 0 radical (unpaired) electrons. The van der Waals surface area contributed by atoms with E-state index in [4.69, 9.17) is 31.4 Å². The fourth-order valence-corrected chi connectivity index (χ4v) is 7.78. The molecule has 10 heteroatoms. The van der Waals surface area contributed by atoms with Crippen LogP contribution in [0.15, 0.2) is 54.6 Å². The van der Waals surface area contributed by atoms with Crippen LogP contribution in [0.5, 0.6) is 17.2 Å². The molecular formula is C35H46N6O4. The van der Waals surface area contributed by atoms with Crippen molar-refractivity contribution in [2.75, 3.05) is 64.8 Å². The molecular weight excluding hydrogens is 568 g/mol. The van der Waals surface area contributed by atoms with Gasteiger partial charge < -0.3 is 51.2 Å². The summed E-state index contributed by atoms with van der Waals surface area (Å²) in [4.78, 5) is 7.16. The fraction of sp³-hybridized carbons (Fsp3) is 0.486. The molecule has 0 spiro atoms. The molecule has 3 aromatic rings. The molecule has 6 heterocycles. The highest BCUT2D eigenvalue weighted by atomic mass is 16.5. The van der Waals surface area contributed by atoms with Crippen LogP contribution < -0.4 is 46.1 Å². The SMILES string of the molecule is CC1CC2COc3cc(N)ccc3N2C1.CC1CCC2COc3cc(N)ccc3N12.Nc1ccc2c(c1)OCC1C(O)CCN21. The van der Waals surface area contributed by atoms with Gasteiger partial charge in [0.05, 0.1) is 41.3 Å². The average Bonchev–Trinajstić information content (AvgIpc) is 3.73. The molecule has 9 rings (SSSR count). The number of nitrogens with two attached hydrogens (primary N) is 3. The van der Waals surface area contributed by atoms with E-state index < -0.39 is 0 Å². The molecule has 45 heavy (non-hydrogen) atoms. The van der Waals surface area contributed by atoms with Crippen LogP contribution in [0.1, 0.15) is 39.5 Å². The van der Waals surface area contributed by atoms with Gasteiger partial charge in [0.15, 0.2) is 0 Å². The third-order valence-corrected chi connectivity index (χ3v) is 10.0. The van der Waals surface area contributed by atoms with Crippen LogP contribution in [0.3, 0.4) is 0 Å². The third kappa shape index (κ3) is 5.72. The van der Waals surface area contributed by atoms with Gasteiger partial charge >= 0.3 is 0 Å². The summed E-state index contributed by atoms with van der Waals surface area (Å²) in [6.07, 6.45) is 4.29. The van der Waals surface area contributed by atoms with Crippen molar-refractivity contribution in [1.29, 1.82) is 0 Å². The maximum atomic E-state index is 9.76. The predicted molar refractivity (Wildman–Crippen MR) is 181 cm³/mol. The maximum Gasteiger partial charge on any atom is 0.144 e. The lowest BCUT2D eigenvalue weighted by Crippen LogP contribution is -2.43. The van der Waals surface area contributed by atoms with Gasteiger partial charge in [-0.15, -0.1) is 0 Å². The van der Waals surface area contributed by atoms with Crippen molar-refractivity contribution in [1.82, 2.24) is 0 Å². The Morgan fingerprint density at radius 1 is 0.667 bits per heavy atom. The topological polar surface area (TPSA) is 136 Å². The Labute approximate surface area is 265 Å². The number of benzene rings is 3. The Hall–Kier alpha value is -4.18. The first kappa shape index (κ1) is 29.5. The average molecular weight is 615 g/mol. The molecule has 6 atom stereocenters. The van der Waals surface area contributed by atoms with E-state index >= 15 is 0 Å². The van der Waals surface area contributed by atoms with Crippen LogP contribution in [0, 0.1) is 5.92 Å². The van der Waals surface area contributed by atoms with E-state index in [1.54, 1.807) is 0 Å². The first-order valence-electron chi connectivity index (χ1n) is 16.3. The molecule has 6 unspecified atom stereocenters. The molecule has 0 bridgehead atoms. The lowest BCUT2D eigenvalue weighted by atomic mass is 10.1. The monoisotopic (exact) mass is 614 g/mol. The predicted octanol–water partition coefficient (Wildman–Crippen LogP) is 4.50. The Bertz CT molecular complexity index is 1490. The van der Waals surface area contributed by atoms with E-state index in [-0.39, 0.29) is 12.1 Å². The van der Waals surface area contributed by atoms with E-state index in [0.29, 0.717) is 30.4 Å². The number of hydrogen-bond acceptors (Lipinski definition) is 10. The second-order valence-electron chi connectivity index (χ2n) is 13.4. The first-order chi connectivity index (χ1) is 21.7. The van der Waals surface area contributed by atoms with Crippen molar-refractivity contribution >= 4 is 34.1 Å². The normalized spacial score (nSPS) is 28.2. The number of anilines is 6. The minimum absolute atomic E-state index is 0.112. The van der Waals surface area contributed by atoms with Gasteiger partial charge in [0.2, 0.25) is 0 Å². The zero-order valence-corrected chi connectivity index (χ0v) is 26.3. The van der Waals surface area contributed by atoms with Crippen LogP contribution in [0.25, 0.3) is 0 Å². The van der Waals surface area contributed by atoms with E-state index in [1.807, 2.05) is 42.5 Å². The summed E-state index contributed by atoms with van der Waals surface area (Å²) in [5, 5.41) is 9.76. The van der Waals surface area contributed by atoms with E-state index in [2.05, 4.69) is 40.7 Å². The number of aliphatic hydroxyl groups is 1. The smallest absolute Gasteiger partial charge is 0.144 e. The van der Waals surface area contributed by atoms with E-state index in [0.717, 1.165) is 73.0 Å². The standard InChI is InChI=1S/2C12H16N2O.C11H14N2O2/c1-8-2-4-10-7-15-12-6-9(13)3-5-11(12)14(8)10;1-8-4-10-7-15-12-5-9(13)2-3-11(12)14(10)6-8;12-7-1-2-8-11(5-7)15-6-9-10(14)3-4-13(8)9/h3,5-6,8,10H,2,4,7,13H2,1H3;2-3,5,8,10H,4,6-7,13H2,1H3;1-2,5,9-10,14H,3-4,6,12H2. The second kappa shape index (κ2) is 12.0. The Kier molecular flexibility index (Phi) is 7.85. The first-order valence-corrected chi connectivity index (χ1v) is 16.3. The highest BCUT2D eigenvalue weighted by Crippen LogP contribution is 2.42. The van der Waals surface area contributed by atoms with Crippen molar-refractivity contribution in [3.63, 3.8) is 0 Å². The van der Waals surface area contributed by atoms with Crippen LogP contribution in [0.2, 0.25) is 0 Å². The largest absolute Gasteiger partial charge is 0.489 e. The fourth-order valence-electron chi connectivity index (χ4n) is 7.78. The lowest BCUT2D eigenvalue weighted by Gasteiger charge is -2.36.